The van der Waals surface area contributed by atoms with Crippen molar-refractivity contribution in [3.8, 4) is 0 Å². The predicted molar refractivity (Wildman–Crippen MR) is 146 cm³/mol. The number of pyridine rings is 1. The van der Waals surface area contributed by atoms with Crippen molar-refractivity contribution in [3.63, 3.8) is 0 Å². The third kappa shape index (κ3) is 5.91. The number of rotatable bonds is 4. The Balaban J connectivity index is 1.49. The number of benzene rings is 2. The van der Waals surface area contributed by atoms with Crippen LogP contribution in [-0.4, -0.2) is 51.8 Å². The molecule has 1 fully saturated rings. The molecule has 3 heterocycles. The number of amides is 2. The molecule has 2 bridgehead atoms. The van der Waals surface area contributed by atoms with Gasteiger partial charge in [0, 0.05) is 63.3 Å². The van der Waals surface area contributed by atoms with Crippen molar-refractivity contribution in [3.05, 3.63) is 95.3 Å². The van der Waals surface area contributed by atoms with E-state index in [1.807, 2.05) is 52.4 Å². The maximum absolute atomic E-state index is 13.8. The first-order valence-electron chi connectivity index (χ1n) is 13.3. The molecule has 3 aromatic rings. The number of hydrogen-bond donors (Lipinski definition) is 0. The average molecular weight is 497 g/mol. The number of fused-ring (bicyclic) bond motifs is 3. The van der Waals surface area contributed by atoms with E-state index >= 15 is 0 Å². The van der Waals surface area contributed by atoms with E-state index in [1.54, 1.807) is 13.1 Å². The van der Waals surface area contributed by atoms with Crippen LogP contribution in [0.3, 0.4) is 0 Å². The molecule has 2 atom stereocenters. The molecule has 2 aromatic carbocycles. The molecule has 6 heteroatoms. The Hall–Kier alpha value is -3.51. The quantitative estimate of drug-likeness (QED) is 0.523. The molecule has 0 saturated carbocycles. The smallest absolute Gasteiger partial charge is 0.227 e. The van der Waals surface area contributed by atoms with Crippen LogP contribution < -0.4 is 4.90 Å². The Kier molecular flexibility index (Phi) is 7.65. The minimum absolute atomic E-state index is 0.0395. The van der Waals surface area contributed by atoms with Crippen LogP contribution in [0.25, 0.3) is 0 Å². The molecular formula is C31H36N4O2. The fourth-order valence-electron chi connectivity index (χ4n) is 5.94. The Morgan fingerprint density at radius 3 is 2.54 bits per heavy atom. The molecular weight excluding hydrogens is 460 g/mol. The normalized spacial score (nSPS) is 20.3. The lowest BCUT2D eigenvalue weighted by molar-refractivity contribution is -0.132. The molecule has 37 heavy (non-hydrogen) atoms. The molecule has 0 radical (unpaired) electrons. The Morgan fingerprint density at radius 2 is 1.76 bits per heavy atom. The second-order valence-electron chi connectivity index (χ2n) is 10.4. The number of carbonyl (C=O) groups excluding carboxylic acids is 2. The van der Waals surface area contributed by atoms with Crippen molar-refractivity contribution in [2.45, 2.75) is 64.7 Å². The molecule has 2 unspecified atom stereocenters. The summed E-state index contributed by atoms with van der Waals surface area (Å²) in [6.45, 7) is 6.34. The monoisotopic (exact) mass is 496 g/mol. The molecule has 6 nitrogen and oxygen atoms in total. The van der Waals surface area contributed by atoms with Gasteiger partial charge in [0.05, 0.1) is 6.42 Å². The van der Waals surface area contributed by atoms with Gasteiger partial charge >= 0.3 is 0 Å². The van der Waals surface area contributed by atoms with E-state index in [2.05, 4.69) is 41.1 Å². The van der Waals surface area contributed by atoms with E-state index in [-0.39, 0.29) is 17.9 Å². The fraction of sp³-hybridized carbons (Fsp3) is 0.387. The van der Waals surface area contributed by atoms with Crippen molar-refractivity contribution in [1.29, 1.82) is 0 Å². The van der Waals surface area contributed by atoms with Crippen molar-refractivity contribution < 1.29 is 9.59 Å². The van der Waals surface area contributed by atoms with Crippen molar-refractivity contribution >= 4 is 17.5 Å². The van der Waals surface area contributed by atoms with Gasteiger partial charge in [-0.1, -0.05) is 54.1 Å². The number of aryl methyl sites for hydroxylation is 1. The van der Waals surface area contributed by atoms with Crippen LogP contribution in [0.4, 0.5) is 5.69 Å². The molecule has 192 valence electrons. The SMILES string of the molecule is CC(=O)N1CCC2CCC(CN(C(=O)Cc3cccc(C)c3)Cc3ccccc31)N2Cc1cccnc1. The maximum atomic E-state index is 13.8. The van der Waals surface area contributed by atoms with E-state index < -0.39 is 0 Å². The molecule has 1 saturated heterocycles. The summed E-state index contributed by atoms with van der Waals surface area (Å²) in [7, 11) is 0. The topological polar surface area (TPSA) is 56.8 Å². The predicted octanol–water partition coefficient (Wildman–Crippen LogP) is 4.75. The standard InChI is InChI=1S/C31H36N4O2/c1-23-7-5-8-25(17-23)18-31(37)33-21-27-10-3-4-11-30(27)34(24(2)36)16-14-28-12-13-29(22-33)35(28)20-26-9-6-15-32-19-26/h3-11,15,17,19,28-29H,12-14,16,18,20-22H2,1-2H3. The highest BCUT2D eigenvalue weighted by molar-refractivity contribution is 5.92. The minimum Gasteiger partial charge on any atom is -0.336 e. The van der Waals surface area contributed by atoms with Crippen LogP contribution in [0.15, 0.2) is 73.1 Å². The average Bonchev–Trinajstić information content (AvgIpc) is 3.24. The number of aromatic nitrogens is 1. The first-order chi connectivity index (χ1) is 18.0. The molecule has 0 aliphatic carbocycles. The van der Waals surface area contributed by atoms with Gasteiger partial charge in [-0.15, -0.1) is 0 Å². The summed E-state index contributed by atoms with van der Waals surface area (Å²) in [6.07, 6.45) is 7.13. The lowest BCUT2D eigenvalue weighted by atomic mass is 10.1. The van der Waals surface area contributed by atoms with Gasteiger partial charge in [0.15, 0.2) is 0 Å². The Morgan fingerprint density at radius 1 is 0.946 bits per heavy atom. The maximum Gasteiger partial charge on any atom is 0.227 e. The molecule has 5 rings (SSSR count). The molecule has 1 aromatic heterocycles. The van der Waals surface area contributed by atoms with E-state index in [4.69, 9.17) is 0 Å². The highest BCUT2D eigenvalue weighted by Gasteiger charge is 2.36. The zero-order chi connectivity index (χ0) is 25.8. The third-order valence-electron chi connectivity index (χ3n) is 7.79. The van der Waals surface area contributed by atoms with Gasteiger partial charge in [-0.05, 0) is 55.0 Å². The highest BCUT2D eigenvalue weighted by Crippen LogP contribution is 2.32. The molecule has 2 aliphatic heterocycles. The first-order valence-corrected chi connectivity index (χ1v) is 13.3. The van der Waals surface area contributed by atoms with E-state index in [1.165, 1.54) is 5.56 Å². The summed E-state index contributed by atoms with van der Waals surface area (Å²) >= 11 is 0. The first kappa shape index (κ1) is 25.2. The van der Waals surface area contributed by atoms with Gasteiger partial charge in [0.1, 0.15) is 0 Å². The lowest BCUT2D eigenvalue weighted by Gasteiger charge is -2.34. The van der Waals surface area contributed by atoms with Gasteiger partial charge in [0.25, 0.3) is 0 Å². The lowest BCUT2D eigenvalue weighted by Crippen LogP contribution is -2.45. The molecule has 2 aliphatic rings. The highest BCUT2D eigenvalue weighted by atomic mass is 16.2. The number of carbonyl (C=O) groups is 2. The van der Waals surface area contributed by atoms with E-state index in [0.717, 1.165) is 48.2 Å². The Labute approximate surface area is 219 Å². The van der Waals surface area contributed by atoms with E-state index in [0.29, 0.717) is 32.1 Å². The van der Waals surface area contributed by atoms with Crippen LogP contribution in [0.1, 0.15) is 48.4 Å². The fourth-order valence-corrected chi connectivity index (χ4v) is 5.94. The van der Waals surface area contributed by atoms with Crippen LogP contribution in [-0.2, 0) is 29.1 Å². The minimum atomic E-state index is 0.0395. The summed E-state index contributed by atoms with van der Waals surface area (Å²) in [4.78, 5) is 37.4. The van der Waals surface area contributed by atoms with Crippen LogP contribution in [0.5, 0.6) is 0 Å². The van der Waals surface area contributed by atoms with Crippen molar-refractivity contribution in [1.82, 2.24) is 14.8 Å². The van der Waals surface area contributed by atoms with Gasteiger partial charge in [-0.2, -0.15) is 0 Å². The van der Waals surface area contributed by atoms with Crippen LogP contribution in [0.2, 0.25) is 0 Å². The Bertz CT molecular complexity index is 1240. The number of anilines is 1. The molecule has 0 N–H and O–H groups in total. The second-order valence-corrected chi connectivity index (χ2v) is 10.4. The number of para-hydroxylation sites is 1. The zero-order valence-corrected chi connectivity index (χ0v) is 21.8. The molecule has 0 spiro atoms. The van der Waals surface area contributed by atoms with Crippen LogP contribution >= 0.6 is 0 Å². The summed E-state index contributed by atoms with van der Waals surface area (Å²) < 4.78 is 0. The summed E-state index contributed by atoms with van der Waals surface area (Å²) in [5.74, 6) is 0.163. The van der Waals surface area contributed by atoms with E-state index in [9.17, 15) is 9.59 Å². The largest absolute Gasteiger partial charge is 0.336 e. The van der Waals surface area contributed by atoms with Gasteiger partial charge in [-0.25, -0.2) is 0 Å². The second kappa shape index (κ2) is 11.3. The molecule has 2 amide bonds. The summed E-state index contributed by atoms with van der Waals surface area (Å²) in [5.41, 5.74) is 5.31. The third-order valence-corrected chi connectivity index (χ3v) is 7.79. The zero-order valence-electron chi connectivity index (χ0n) is 21.8. The number of hydrogen-bond acceptors (Lipinski definition) is 4. The van der Waals surface area contributed by atoms with Gasteiger partial charge in [-0.3, -0.25) is 19.5 Å². The van der Waals surface area contributed by atoms with Crippen LogP contribution in [0, 0.1) is 6.92 Å². The number of nitrogens with zero attached hydrogens (tertiary/aromatic N) is 4. The van der Waals surface area contributed by atoms with Gasteiger partial charge in [0.2, 0.25) is 11.8 Å². The van der Waals surface area contributed by atoms with Crippen molar-refractivity contribution in [2.75, 3.05) is 18.0 Å². The van der Waals surface area contributed by atoms with Crippen molar-refractivity contribution in [2.24, 2.45) is 0 Å². The summed E-state index contributed by atoms with van der Waals surface area (Å²) in [6, 6.07) is 21.0. The summed E-state index contributed by atoms with van der Waals surface area (Å²) in [5, 5.41) is 0. The van der Waals surface area contributed by atoms with Gasteiger partial charge < -0.3 is 9.80 Å².